The molecule has 0 amide bonds. The van der Waals surface area contributed by atoms with Crippen molar-refractivity contribution >= 4 is 34.8 Å². The van der Waals surface area contributed by atoms with Crippen molar-refractivity contribution in [3.8, 4) is 0 Å². The molecule has 0 aliphatic heterocycles. The van der Waals surface area contributed by atoms with Crippen LogP contribution in [0.2, 0.25) is 10.0 Å². The lowest BCUT2D eigenvalue weighted by Crippen LogP contribution is -2.31. The molecule has 1 heterocycles. The number of rotatable bonds is 4. The third-order valence-corrected chi connectivity index (χ3v) is 3.86. The summed E-state index contributed by atoms with van der Waals surface area (Å²) < 4.78 is 0. The Morgan fingerprint density at radius 3 is 2.65 bits per heavy atom. The van der Waals surface area contributed by atoms with Crippen molar-refractivity contribution in [1.29, 1.82) is 0 Å². The van der Waals surface area contributed by atoms with Crippen molar-refractivity contribution in [3.63, 3.8) is 0 Å². The lowest BCUT2D eigenvalue weighted by atomic mass is 10.2. The second-order valence-electron chi connectivity index (χ2n) is 4.46. The zero-order valence-corrected chi connectivity index (χ0v) is 11.4. The monoisotopic (exact) mass is 274 g/mol. The van der Waals surface area contributed by atoms with E-state index in [0.29, 0.717) is 27.7 Å². The van der Waals surface area contributed by atoms with Gasteiger partial charge in [-0.2, -0.15) is 0 Å². The maximum absolute atomic E-state index is 6.17. The maximum atomic E-state index is 6.17. The van der Waals surface area contributed by atoms with E-state index in [4.69, 9.17) is 29.0 Å². The number of nitrogens with two attached hydrogens (primary N) is 1. The van der Waals surface area contributed by atoms with Gasteiger partial charge in [0.15, 0.2) is 5.82 Å². The Bertz CT molecular complexity index is 420. The van der Waals surface area contributed by atoms with Gasteiger partial charge in [0.25, 0.3) is 0 Å². The Kier molecular flexibility index (Phi) is 3.66. The fourth-order valence-corrected chi connectivity index (χ4v) is 2.44. The van der Waals surface area contributed by atoms with E-state index in [2.05, 4.69) is 22.2 Å². The first-order chi connectivity index (χ1) is 8.04. The summed E-state index contributed by atoms with van der Waals surface area (Å²) in [6, 6.07) is 2.09. The second-order valence-corrected chi connectivity index (χ2v) is 5.27. The molecule has 17 heavy (non-hydrogen) atoms. The normalized spacial score (nSPS) is 16.8. The summed E-state index contributed by atoms with van der Waals surface area (Å²) in [5.41, 5.74) is 2.47. The summed E-state index contributed by atoms with van der Waals surface area (Å²) >= 11 is 12.1. The molecular weight excluding hydrogens is 259 g/mol. The molecule has 0 bridgehead atoms. The van der Waals surface area contributed by atoms with Gasteiger partial charge in [0, 0.05) is 13.1 Å². The van der Waals surface area contributed by atoms with Crippen LogP contribution < -0.4 is 16.2 Å². The number of nitrogen functional groups attached to an aromatic ring is 1. The molecule has 3 N–H and O–H groups in total. The van der Waals surface area contributed by atoms with Crippen LogP contribution in [0, 0.1) is 5.92 Å². The number of pyridine rings is 1. The zero-order valence-electron chi connectivity index (χ0n) is 9.87. The summed E-state index contributed by atoms with van der Waals surface area (Å²) in [6.45, 7) is 2.18. The molecule has 1 aliphatic rings. The minimum absolute atomic E-state index is 0.423. The van der Waals surface area contributed by atoms with Gasteiger partial charge in [-0.15, -0.1) is 0 Å². The van der Waals surface area contributed by atoms with Crippen molar-refractivity contribution in [2.24, 2.45) is 11.8 Å². The molecule has 0 radical (unpaired) electrons. The number of halogens is 2. The van der Waals surface area contributed by atoms with E-state index in [-0.39, 0.29) is 0 Å². The van der Waals surface area contributed by atoms with Crippen LogP contribution in [-0.4, -0.2) is 18.1 Å². The molecule has 1 aromatic heterocycles. The Morgan fingerprint density at radius 2 is 2.12 bits per heavy atom. The van der Waals surface area contributed by atoms with Crippen LogP contribution in [0.1, 0.15) is 19.8 Å². The standard InChI is InChI=1S/C11H16Cl2N4/c1-6(7-3-4-7)17(2)11-9(13)5-8(12)10(15-11)16-14/h5-7H,3-4,14H2,1-2H3,(H,15,16). The van der Waals surface area contributed by atoms with Gasteiger partial charge in [-0.3, -0.25) is 0 Å². The minimum atomic E-state index is 0.423. The number of nitrogens with one attached hydrogen (secondary N) is 1. The van der Waals surface area contributed by atoms with Crippen LogP contribution in [0.25, 0.3) is 0 Å². The van der Waals surface area contributed by atoms with Crippen LogP contribution in [0.4, 0.5) is 11.6 Å². The lowest BCUT2D eigenvalue weighted by Gasteiger charge is -2.27. The van der Waals surface area contributed by atoms with Gasteiger partial charge in [-0.25, -0.2) is 10.8 Å². The molecule has 1 atom stereocenters. The first kappa shape index (κ1) is 12.7. The van der Waals surface area contributed by atoms with Crippen molar-refractivity contribution in [3.05, 3.63) is 16.1 Å². The molecule has 2 rings (SSSR count). The van der Waals surface area contributed by atoms with Gasteiger partial charge in [0.1, 0.15) is 5.82 Å². The highest BCUT2D eigenvalue weighted by Gasteiger charge is 2.31. The molecule has 1 fully saturated rings. The van der Waals surface area contributed by atoms with Crippen LogP contribution in [0.3, 0.4) is 0 Å². The molecule has 4 nitrogen and oxygen atoms in total. The van der Waals surface area contributed by atoms with E-state index in [9.17, 15) is 0 Å². The van der Waals surface area contributed by atoms with Crippen molar-refractivity contribution in [1.82, 2.24) is 4.98 Å². The Morgan fingerprint density at radius 1 is 1.47 bits per heavy atom. The van der Waals surface area contributed by atoms with E-state index in [1.807, 2.05) is 7.05 Å². The number of hydrogen-bond donors (Lipinski definition) is 2. The third-order valence-electron chi connectivity index (χ3n) is 3.30. The molecule has 0 aromatic carbocycles. The molecule has 1 unspecified atom stereocenters. The van der Waals surface area contributed by atoms with Crippen LogP contribution in [0.5, 0.6) is 0 Å². The fraction of sp³-hybridized carbons (Fsp3) is 0.545. The molecule has 94 valence electrons. The zero-order chi connectivity index (χ0) is 12.6. The van der Waals surface area contributed by atoms with Gasteiger partial charge in [-0.1, -0.05) is 23.2 Å². The molecule has 1 aromatic rings. The van der Waals surface area contributed by atoms with E-state index in [1.54, 1.807) is 6.07 Å². The highest BCUT2D eigenvalue weighted by Crippen LogP contribution is 2.38. The van der Waals surface area contributed by atoms with Crippen LogP contribution in [-0.2, 0) is 0 Å². The van der Waals surface area contributed by atoms with Gasteiger partial charge in [-0.05, 0) is 31.7 Å². The first-order valence-electron chi connectivity index (χ1n) is 5.60. The molecule has 6 heteroatoms. The summed E-state index contributed by atoms with van der Waals surface area (Å²) in [4.78, 5) is 6.43. The minimum Gasteiger partial charge on any atom is -0.355 e. The predicted octanol–water partition coefficient (Wildman–Crippen LogP) is 2.91. The largest absolute Gasteiger partial charge is 0.355 e. The molecule has 0 spiro atoms. The SMILES string of the molecule is CC(C1CC1)N(C)c1nc(NN)c(Cl)cc1Cl. The van der Waals surface area contributed by atoms with Gasteiger partial charge in [0.2, 0.25) is 0 Å². The summed E-state index contributed by atoms with van der Waals surface area (Å²) in [6.07, 6.45) is 2.55. The summed E-state index contributed by atoms with van der Waals surface area (Å²) in [5, 5.41) is 0.970. The Hall–Kier alpha value is -0.710. The first-order valence-corrected chi connectivity index (χ1v) is 6.35. The van der Waals surface area contributed by atoms with E-state index in [0.717, 1.165) is 5.92 Å². The molecule has 1 aliphatic carbocycles. The molecular formula is C11H16Cl2N4. The van der Waals surface area contributed by atoms with Crippen LogP contribution in [0.15, 0.2) is 6.07 Å². The van der Waals surface area contributed by atoms with E-state index >= 15 is 0 Å². The Labute approximate surface area is 111 Å². The molecule has 1 saturated carbocycles. The molecule has 0 saturated heterocycles. The fourth-order valence-electron chi connectivity index (χ4n) is 1.89. The maximum Gasteiger partial charge on any atom is 0.161 e. The lowest BCUT2D eigenvalue weighted by molar-refractivity contribution is 0.604. The van der Waals surface area contributed by atoms with Gasteiger partial charge >= 0.3 is 0 Å². The van der Waals surface area contributed by atoms with Crippen molar-refractivity contribution in [2.75, 3.05) is 17.4 Å². The van der Waals surface area contributed by atoms with E-state index in [1.165, 1.54) is 12.8 Å². The van der Waals surface area contributed by atoms with Crippen LogP contribution >= 0.6 is 23.2 Å². The highest BCUT2D eigenvalue weighted by atomic mass is 35.5. The topological polar surface area (TPSA) is 54.2 Å². The smallest absolute Gasteiger partial charge is 0.161 e. The average Bonchev–Trinajstić information content (AvgIpc) is 3.11. The second kappa shape index (κ2) is 4.88. The third kappa shape index (κ3) is 2.59. The number of hydrazine groups is 1. The van der Waals surface area contributed by atoms with Gasteiger partial charge in [0.05, 0.1) is 10.0 Å². The van der Waals surface area contributed by atoms with Crippen molar-refractivity contribution in [2.45, 2.75) is 25.8 Å². The number of anilines is 2. The summed E-state index contributed by atoms with van der Waals surface area (Å²) in [7, 11) is 1.99. The number of nitrogens with zero attached hydrogens (tertiary/aromatic N) is 2. The quantitative estimate of drug-likeness (QED) is 0.655. The van der Waals surface area contributed by atoms with Crippen molar-refractivity contribution < 1.29 is 0 Å². The summed E-state index contributed by atoms with van der Waals surface area (Å²) in [5.74, 6) is 7.25. The number of aromatic nitrogens is 1. The Balaban J connectivity index is 2.29. The predicted molar refractivity (Wildman–Crippen MR) is 72.7 cm³/mol. The average molecular weight is 275 g/mol. The van der Waals surface area contributed by atoms with Gasteiger partial charge < -0.3 is 10.3 Å². The number of hydrogen-bond acceptors (Lipinski definition) is 4. The van der Waals surface area contributed by atoms with E-state index < -0.39 is 0 Å². The highest BCUT2D eigenvalue weighted by molar-refractivity contribution is 6.37.